The molecule has 18 heavy (non-hydrogen) atoms. The number of carbonyl (C=O) groups excluding carboxylic acids is 1. The molecule has 1 N–H and O–H groups in total. The summed E-state index contributed by atoms with van der Waals surface area (Å²) in [6, 6.07) is 8.85. The van der Waals surface area contributed by atoms with Crippen molar-refractivity contribution in [1.29, 1.82) is 0 Å². The molecule has 0 unspecified atom stereocenters. The van der Waals surface area contributed by atoms with Gasteiger partial charge in [0.15, 0.2) is 0 Å². The van der Waals surface area contributed by atoms with E-state index < -0.39 is 0 Å². The number of hydrogen-bond acceptors (Lipinski definition) is 4. The van der Waals surface area contributed by atoms with E-state index in [0.717, 1.165) is 5.82 Å². The van der Waals surface area contributed by atoms with Gasteiger partial charge in [-0.2, -0.15) is 0 Å². The van der Waals surface area contributed by atoms with E-state index >= 15 is 0 Å². The molecule has 0 aliphatic heterocycles. The Morgan fingerprint density at radius 2 is 2.00 bits per heavy atom. The first-order chi connectivity index (χ1) is 8.66. The summed E-state index contributed by atoms with van der Waals surface area (Å²) in [7, 11) is 3.82. The standard InChI is InChI=1S/C13H14N4O/c1-17(2)12-7-6-10(9-15-12)16-13(18)11-5-3-4-8-14-11/h3-9H,1-2H3,(H,16,18). The van der Waals surface area contributed by atoms with Crippen molar-refractivity contribution in [3.63, 3.8) is 0 Å². The van der Waals surface area contributed by atoms with Gasteiger partial charge >= 0.3 is 0 Å². The molecule has 2 heterocycles. The first-order valence-electron chi connectivity index (χ1n) is 5.52. The second kappa shape index (κ2) is 5.27. The average Bonchev–Trinajstić information content (AvgIpc) is 2.40. The van der Waals surface area contributed by atoms with E-state index in [1.54, 1.807) is 30.6 Å². The van der Waals surface area contributed by atoms with Crippen LogP contribution in [0.2, 0.25) is 0 Å². The topological polar surface area (TPSA) is 58.1 Å². The third-order valence-electron chi connectivity index (χ3n) is 2.36. The van der Waals surface area contributed by atoms with Crippen molar-refractivity contribution in [2.45, 2.75) is 0 Å². The van der Waals surface area contributed by atoms with Crippen LogP contribution in [0.3, 0.4) is 0 Å². The number of carbonyl (C=O) groups is 1. The van der Waals surface area contributed by atoms with E-state index in [-0.39, 0.29) is 5.91 Å². The molecule has 2 aromatic heterocycles. The smallest absolute Gasteiger partial charge is 0.274 e. The van der Waals surface area contributed by atoms with Crippen molar-refractivity contribution in [1.82, 2.24) is 9.97 Å². The van der Waals surface area contributed by atoms with Crippen LogP contribution < -0.4 is 10.2 Å². The molecule has 2 aromatic rings. The van der Waals surface area contributed by atoms with Crippen LogP contribution in [0.15, 0.2) is 42.7 Å². The van der Waals surface area contributed by atoms with Crippen LogP contribution in [0.5, 0.6) is 0 Å². The lowest BCUT2D eigenvalue weighted by Gasteiger charge is -2.11. The van der Waals surface area contributed by atoms with Gasteiger partial charge in [0.25, 0.3) is 5.91 Å². The van der Waals surface area contributed by atoms with Crippen LogP contribution in [0, 0.1) is 0 Å². The Labute approximate surface area is 105 Å². The highest BCUT2D eigenvalue weighted by Crippen LogP contribution is 2.12. The molecule has 2 rings (SSSR count). The molecular formula is C13H14N4O. The monoisotopic (exact) mass is 242 g/mol. The number of aromatic nitrogens is 2. The fourth-order valence-electron chi connectivity index (χ4n) is 1.42. The number of amides is 1. The summed E-state index contributed by atoms with van der Waals surface area (Å²) in [5.41, 5.74) is 1.03. The minimum Gasteiger partial charge on any atom is -0.363 e. The summed E-state index contributed by atoms with van der Waals surface area (Å²) in [6.45, 7) is 0. The first kappa shape index (κ1) is 12.0. The maximum Gasteiger partial charge on any atom is 0.274 e. The van der Waals surface area contributed by atoms with E-state index in [2.05, 4.69) is 15.3 Å². The average molecular weight is 242 g/mol. The Morgan fingerprint density at radius 3 is 2.56 bits per heavy atom. The van der Waals surface area contributed by atoms with Gasteiger partial charge in [0, 0.05) is 20.3 Å². The minimum absolute atomic E-state index is 0.241. The lowest BCUT2D eigenvalue weighted by molar-refractivity contribution is 0.102. The summed E-state index contributed by atoms with van der Waals surface area (Å²) in [4.78, 5) is 21.9. The second-order valence-corrected chi connectivity index (χ2v) is 3.97. The predicted octanol–water partition coefficient (Wildman–Crippen LogP) is 1.79. The zero-order valence-corrected chi connectivity index (χ0v) is 10.3. The third-order valence-corrected chi connectivity index (χ3v) is 2.36. The molecule has 5 heteroatoms. The summed E-state index contributed by atoms with van der Waals surface area (Å²) < 4.78 is 0. The molecule has 0 aliphatic carbocycles. The van der Waals surface area contributed by atoms with Crippen LogP contribution in [0.25, 0.3) is 0 Å². The van der Waals surface area contributed by atoms with Gasteiger partial charge in [-0.05, 0) is 24.3 Å². The van der Waals surface area contributed by atoms with Crippen LogP contribution in [-0.4, -0.2) is 30.0 Å². The summed E-state index contributed by atoms with van der Waals surface area (Å²) in [5, 5.41) is 2.74. The molecule has 0 spiro atoms. The van der Waals surface area contributed by atoms with Gasteiger partial charge in [-0.3, -0.25) is 9.78 Å². The first-order valence-corrected chi connectivity index (χ1v) is 5.52. The van der Waals surface area contributed by atoms with E-state index in [0.29, 0.717) is 11.4 Å². The molecular weight excluding hydrogens is 228 g/mol. The van der Waals surface area contributed by atoms with Gasteiger partial charge in [0.2, 0.25) is 0 Å². The number of rotatable bonds is 3. The summed E-state index contributed by atoms with van der Waals surface area (Å²) >= 11 is 0. The van der Waals surface area contributed by atoms with Crippen molar-refractivity contribution in [2.75, 3.05) is 24.3 Å². The van der Waals surface area contributed by atoms with Crippen molar-refractivity contribution >= 4 is 17.4 Å². The van der Waals surface area contributed by atoms with Crippen LogP contribution in [0.4, 0.5) is 11.5 Å². The predicted molar refractivity (Wildman–Crippen MR) is 70.8 cm³/mol. The lowest BCUT2D eigenvalue weighted by atomic mass is 10.3. The quantitative estimate of drug-likeness (QED) is 0.891. The van der Waals surface area contributed by atoms with Gasteiger partial charge < -0.3 is 10.2 Å². The van der Waals surface area contributed by atoms with E-state index in [4.69, 9.17) is 0 Å². The molecule has 0 bridgehead atoms. The molecule has 5 nitrogen and oxygen atoms in total. The molecule has 0 aromatic carbocycles. The van der Waals surface area contributed by atoms with Gasteiger partial charge in [-0.15, -0.1) is 0 Å². The second-order valence-electron chi connectivity index (χ2n) is 3.97. The maximum absolute atomic E-state index is 11.8. The van der Waals surface area contributed by atoms with Crippen LogP contribution >= 0.6 is 0 Å². The highest BCUT2D eigenvalue weighted by Gasteiger charge is 2.06. The fourth-order valence-corrected chi connectivity index (χ4v) is 1.42. The number of hydrogen-bond donors (Lipinski definition) is 1. The Morgan fingerprint density at radius 1 is 1.17 bits per heavy atom. The normalized spacial score (nSPS) is 9.89. The SMILES string of the molecule is CN(C)c1ccc(NC(=O)c2ccccn2)cn1. The molecule has 0 radical (unpaired) electrons. The Balaban J connectivity index is 2.08. The summed E-state index contributed by atoms with van der Waals surface area (Å²) in [5.74, 6) is 0.598. The highest BCUT2D eigenvalue weighted by atomic mass is 16.1. The van der Waals surface area contributed by atoms with Crippen molar-refractivity contribution in [3.8, 4) is 0 Å². The molecule has 0 atom stereocenters. The Kier molecular flexibility index (Phi) is 3.52. The number of pyridine rings is 2. The molecule has 0 fully saturated rings. The van der Waals surface area contributed by atoms with E-state index in [1.807, 2.05) is 31.1 Å². The zero-order valence-electron chi connectivity index (χ0n) is 10.3. The number of anilines is 2. The number of nitrogens with one attached hydrogen (secondary N) is 1. The van der Waals surface area contributed by atoms with Gasteiger partial charge in [0.1, 0.15) is 11.5 Å². The largest absolute Gasteiger partial charge is 0.363 e. The van der Waals surface area contributed by atoms with Gasteiger partial charge in [0.05, 0.1) is 11.9 Å². The molecule has 0 aliphatic rings. The molecule has 0 saturated heterocycles. The molecule has 92 valence electrons. The van der Waals surface area contributed by atoms with Crippen LogP contribution in [0.1, 0.15) is 10.5 Å². The van der Waals surface area contributed by atoms with Crippen molar-refractivity contribution in [2.24, 2.45) is 0 Å². The van der Waals surface area contributed by atoms with Gasteiger partial charge in [-0.1, -0.05) is 6.07 Å². The summed E-state index contributed by atoms with van der Waals surface area (Å²) in [6.07, 6.45) is 3.21. The van der Waals surface area contributed by atoms with Crippen molar-refractivity contribution in [3.05, 3.63) is 48.4 Å². The van der Waals surface area contributed by atoms with E-state index in [9.17, 15) is 4.79 Å². The minimum atomic E-state index is -0.241. The maximum atomic E-state index is 11.8. The molecule has 0 saturated carbocycles. The molecule has 1 amide bonds. The Hall–Kier alpha value is -2.43. The van der Waals surface area contributed by atoms with Crippen molar-refractivity contribution < 1.29 is 4.79 Å². The zero-order chi connectivity index (χ0) is 13.0. The number of nitrogens with zero attached hydrogens (tertiary/aromatic N) is 3. The van der Waals surface area contributed by atoms with E-state index in [1.165, 1.54) is 0 Å². The fraction of sp³-hybridized carbons (Fsp3) is 0.154. The lowest BCUT2D eigenvalue weighted by Crippen LogP contribution is -2.14. The third kappa shape index (κ3) is 2.82. The van der Waals surface area contributed by atoms with Crippen LogP contribution in [-0.2, 0) is 0 Å². The highest BCUT2D eigenvalue weighted by molar-refractivity contribution is 6.02. The Bertz CT molecular complexity index is 522. The van der Waals surface area contributed by atoms with Gasteiger partial charge in [-0.25, -0.2) is 4.98 Å².